The first-order valence-corrected chi connectivity index (χ1v) is 7.92. The van der Waals surface area contributed by atoms with E-state index in [0.717, 1.165) is 36.3 Å². The van der Waals surface area contributed by atoms with Crippen LogP contribution in [0, 0.1) is 5.92 Å². The van der Waals surface area contributed by atoms with Crippen molar-refractivity contribution in [3.8, 4) is 0 Å². The molecular formula is C19H21ClO. The van der Waals surface area contributed by atoms with Gasteiger partial charge in [0.1, 0.15) is 0 Å². The minimum absolute atomic E-state index is 0.105. The SMILES string of the molecule is CCCC(CCc1ccc(Cl)cc1)C(=O)c1ccccc1. The summed E-state index contributed by atoms with van der Waals surface area (Å²) in [7, 11) is 0. The number of halogens is 1. The van der Waals surface area contributed by atoms with Crippen molar-refractivity contribution >= 4 is 17.4 Å². The normalized spacial score (nSPS) is 12.1. The van der Waals surface area contributed by atoms with Crippen molar-refractivity contribution in [3.63, 3.8) is 0 Å². The molecular weight excluding hydrogens is 280 g/mol. The summed E-state index contributed by atoms with van der Waals surface area (Å²) in [5.41, 5.74) is 2.06. The highest BCUT2D eigenvalue weighted by molar-refractivity contribution is 6.30. The van der Waals surface area contributed by atoms with Gasteiger partial charge in [0.05, 0.1) is 0 Å². The maximum Gasteiger partial charge on any atom is 0.165 e. The lowest BCUT2D eigenvalue weighted by atomic mass is 9.88. The number of hydrogen-bond donors (Lipinski definition) is 0. The Morgan fingerprint density at radius 3 is 2.29 bits per heavy atom. The average molecular weight is 301 g/mol. The molecule has 1 atom stereocenters. The molecule has 2 rings (SSSR count). The fraction of sp³-hybridized carbons (Fsp3) is 0.316. The Bertz CT molecular complexity index is 560. The lowest BCUT2D eigenvalue weighted by Gasteiger charge is -2.15. The van der Waals surface area contributed by atoms with E-state index >= 15 is 0 Å². The number of aryl methyl sites for hydroxylation is 1. The number of benzene rings is 2. The van der Waals surface area contributed by atoms with E-state index < -0.39 is 0 Å². The molecule has 0 aromatic heterocycles. The first-order valence-electron chi connectivity index (χ1n) is 7.54. The second-order valence-electron chi connectivity index (χ2n) is 5.38. The minimum Gasteiger partial charge on any atom is -0.294 e. The van der Waals surface area contributed by atoms with E-state index in [4.69, 9.17) is 11.6 Å². The summed E-state index contributed by atoms with van der Waals surface area (Å²) in [5.74, 6) is 0.375. The average Bonchev–Trinajstić information content (AvgIpc) is 2.53. The van der Waals surface area contributed by atoms with Gasteiger partial charge in [-0.25, -0.2) is 0 Å². The summed E-state index contributed by atoms with van der Waals surface area (Å²) < 4.78 is 0. The molecule has 110 valence electrons. The summed E-state index contributed by atoms with van der Waals surface area (Å²) in [6, 6.07) is 17.5. The van der Waals surface area contributed by atoms with E-state index in [1.165, 1.54) is 5.56 Å². The molecule has 21 heavy (non-hydrogen) atoms. The van der Waals surface area contributed by atoms with E-state index in [-0.39, 0.29) is 11.7 Å². The van der Waals surface area contributed by atoms with Gasteiger partial charge in [-0.1, -0.05) is 67.4 Å². The molecule has 2 aromatic carbocycles. The Balaban J connectivity index is 2.02. The Morgan fingerprint density at radius 1 is 1.00 bits per heavy atom. The molecule has 0 N–H and O–H groups in total. The third-order valence-corrected chi connectivity index (χ3v) is 4.01. The fourth-order valence-electron chi connectivity index (χ4n) is 2.59. The second-order valence-corrected chi connectivity index (χ2v) is 5.82. The monoisotopic (exact) mass is 300 g/mol. The van der Waals surface area contributed by atoms with Crippen LogP contribution in [0.15, 0.2) is 54.6 Å². The first kappa shape index (κ1) is 15.8. The molecule has 1 nitrogen and oxygen atoms in total. The summed E-state index contributed by atoms with van der Waals surface area (Å²) in [6.07, 6.45) is 3.79. The van der Waals surface area contributed by atoms with Crippen LogP contribution in [0.5, 0.6) is 0 Å². The highest BCUT2D eigenvalue weighted by Crippen LogP contribution is 2.21. The predicted molar refractivity (Wildman–Crippen MR) is 88.9 cm³/mol. The van der Waals surface area contributed by atoms with Crippen molar-refractivity contribution in [3.05, 3.63) is 70.7 Å². The van der Waals surface area contributed by atoms with Gasteiger partial charge in [-0.2, -0.15) is 0 Å². The van der Waals surface area contributed by atoms with Gasteiger partial charge in [-0.3, -0.25) is 4.79 Å². The highest BCUT2D eigenvalue weighted by Gasteiger charge is 2.18. The zero-order chi connectivity index (χ0) is 15.1. The van der Waals surface area contributed by atoms with E-state index in [2.05, 4.69) is 6.92 Å². The summed E-state index contributed by atoms with van der Waals surface area (Å²) in [5, 5.41) is 0.754. The van der Waals surface area contributed by atoms with Crippen molar-refractivity contribution in [2.24, 2.45) is 5.92 Å². The summed E-state index contributed by atoms with van der Waals surface area (Å²) in [6.45, 7) is 2.13. The van der Waals surface area contributed by atoms with Crippen molar-refractivity contribution in [2.75, 3.05) is 0 Å². The molecule has 0 aliphatic rings. The molecule has 2 heteroatoms. The second kappa shape index (κ2) is 7.99. The van der Waals surface area contributed by atoms with E-state index in [0.29, 0.717) is 0 Å². The maximum absolute atomic E-state index is 12.6. The third kappa shape index (κ3) is 4.71. The Morgan fingerprint density at radius 2 is 1.67 bits per heavy atom. The van der Waals surface area contributed by atoms with Crippen LogP contribution in [0.4, 0.5) is 0 Å². The Hall–Kier alpha value is -1.60. The fourth-order valence-corrected chi connectivity index (χ4v) is 2.71. The molecule has 2 aromatic rings. The smallest absolute Gasteiger partial charge is 0.165 e. The van der Waals surface area contributed by atoms with Gasteiger partial charge in [-0.15, -0.1) is 0 Å². The quantitative estimate of drug-likeness (QED) is 0.611. The third-order valence-electron chi connectivity index (χ3n) is 3.76. The molecule has 0 aliphatic heterocycles. The van der Waals surface area contributed by atoms with Crippen LogP contribution in [-0.2, 0) is 6.42 Å². The van der Waals surface area contributed by atoms with Crippen molar-refractivity contribution in [1.29, 1.82) is 0 Å². The van der Waals surface area contributed by atoms with Crippen LogP contribution < -0.4 is 0 Å². The van der Waals surface area contributed by atoms with Crippen LogP contribution in [0.1, 0.15) is 42.1 Å². The zero-order valence-electron chi connectivity index (χ0n) is 12.4. The van der Waals surface area contributed by atoms with Crippen LogP contribution >= 0.6 is 11.6 Å². The topological polar surface area (TPSA) is 17.1 Å². The number of carbonyl (C=O) groups excluding carboxylic acids is 1. The number of ketones is 1. The predicted octanol–water partition coefficient (Wildman–Crippen LogP) is 5.57. The van der Waals surface area contributed by atoms with Gasteiger partial charge in [0.2, 0.25) is 0 Å². The number of carbonyl (C=O) groups is 1. The molecule has 0 radical (unpaired) electrons. The summed E-state index contributed by atoms with van der Waals surface area (Å²) in [4.78, 5) is 12.6. The van der Waals surface area contributed by atoms with Crippen molar-refractivity contribution in [1.82, 2.24) is 0 Å². The Kier molecular flexibility index (Phi) is 6.01. The maximum atomic E-state index is 12.6. The van der Waals surface area contributed by atoms with Gasteiger partial charge in [0.15, 0.2) is 5.78 Å². The van der Waals surface area contributed by atoms with Crippen LogP contribution in [-0.4, -0.2) is 5.78 Å². The van der Waals surface area contributed by atoms with Crippen LogP contribution in [0.25, 0.3) is 0 Å². The number of hydrogen-bond acceptors (Lipinski definition) is 1. The van der Waals surface area contributed by atoms with Crippen LogP contribution in [0.2, 0.25) is 5.02 Å². The largest absolute Gasteiger partial charge is 0.294 e. The first-order chi connectivity index (χ1) is 10.2. The van der Waals surface area contributed by atoms with Gasteiger partial charge >= 0.3 is 0 Å². The molecule has 0 fully saturated rings. The minimum atomic E-state index is 0.105. The summed E-state index contributed by atoms with van der Waals surface area (Å²) >= 11 is 5.90. The van der Waals surface area contributed by atoms with Gasteiger partial charge < -0.3 is 0 Å². The highest BCUT2D eigenvalue weighted by atomic mass is 35.5. The van der Waals surface area contributed by atoms with Gasteiger partial charge in [-0.05, 0) is 37.0 Å². The molecule has 0 spiro atoms. The van der Waals surface area contributed by atoms with E-state index in [1.54, 1.807) is 0 Å². The number of rotatable bonds is 7. The molecule has 0 bridgehead atoms. The molecule has 0 aliphatic carbocycles. The Labute approximate surface area is 132 Å². The lowest BCUT2D eigenvalue weighted by molar-refractivity contribution is 0.0906. The lowest BCUT2D eigenvalue weighted by Crippen LogP contribution is -2.15. The van der Waals surface area contributed by atoms with Gasteiger partial charge in [0.25, 0.3) is 0 Å². The van der Waals surface area contributed by atoms with Crippen LogP contribution in [0.3, 0.4) is 0 Å². The molecule has 0 heterocycles. The van der Waals surface area contributed by atoms with Crippen molar-refractivity contribution < 1.29 is 4.79 Å². The standard InChI is InChI=1S/C19H21ClO/c1-2-6-16(19(21)17-7-4-3-5-8-17)12-9-15-10-13-18(20)14-11-15/h3-5,7-8,10-11,13-14,16H,2,6,9,12H2,1H3. The van der Waals surface area contributed by atoms with Gasteiger partial charge in [0, 0.05) is 16.5 Å². The number of Topliss-reactive ketones (excluding diaryl/α,β-unsaturated/α-hetero) is 1. The van der Waals surface area contributed by atoms with E-state index in [9.17, 15) is 4.79 Å². The molecule has 0 amide bonds. The zero-order valence-corrected chi connectivity index (χ0v) is 13.1. The van der Waals surface area contributed by atoms with E-state index in [1.807, 2.05) is 54.6 Å². The van der Waals surface area contributed by atoms with Crippen molar-refractivity contribution in [2.45, 2.75) is 32.6 Å². The molecule has 1 unspecified atom stereocenters. The molecule has 0 saturated heterocycles. The molecule has 0 saturated carbocycles.